The average molecular weight is 268 g/mol. The zero-order valence-electron chi connectivity index (χ0n) is 13.5. The molecule has 112 valence electrons. The van der Waals surface area contributed by atoms with Crippen molar-refractivity contribution < 1.29 is 4.79 Å². The highest BCUT2D eigenvalue weighted by atomic mass is 16.2. The van der Waals surface area contributed by atoms with Gasteiger partial charge in [-0.2, -0.15) is 0 Å². The number of rotatable bonds is 5. The first-order valence-electron chi connectivity index (χ1n) is 7.86. The summed E-state index contributed by atoms with van der Waals surface area (Å²) in [4.78, 5) is 14.0. The first kappa shape index (κ1) is 16.5. The Hall–Kier alpha value is -0.570. The molecular formula is C16H32N2O. The van der Waals surface area contributed by atoms with E-state index in [0.717, 1.165) is 19.6 Å². The minimum Gasteiger partial charge on any atom is -0.341 e. The third-order valence-corrected chi connectivity index (χ3v) is 3.81. The van der Waals surface area contributed by atoms with E-state index in [2.05, 4.69) is 37.9 Å². The topological polar surface area (TPSA) is 32.3 Å². The van der Waals surface area contributed by atoms with Gasteiger partial charge in [0.25, 0.3) is 0 Å². The summed E-state index contributed by atoms with van der Waals surface area (Å²) in [5, 5.41) is 3.66. The molecule has 0 aromatic rings. The Bertz CT molecular complexity index is 283. The smallest absolute Gasteiger partial charge is 0.222 e. The predicted octanol–water partition coefficient (Wildman–Crippen LogP) is 3.05. The molecule has 0 aromatic carbocycles. The largest absolute Gasteiger partial charge is 0.341 e. The van der Waals surface area contributed by atoms with Crippen LogP contribution in [-0.2, 0) is 4.79 Å². The third kappa shape index (κ3) is 5.94. The molecule has 0 spiro atoms. The fraction of sp³-hybridized carbons (Fsp3) is 0.938. The van der Waals surface area contributed by atoms with Crippen molar-refractivity contribution in [2.75, 3.05) is 19.6 Å². The van der Waals surface area contributed by atoms with Gasteiger partial charge in [0.1, 0.15) is 0 Å². The molecule has 1 aliphatic heterocycles. The van der Waals surface area contributed by atoms with Crippen LogP contribution >= 0.6 is 0 Å². The number of hydrogen-bond acceptors (Lipinski definition) is 2. The highest BCUT2D eigenvalue weighted by Crippen LogP contribution is 2.23. The lowest BCUT2D eigenvalue weighted by molar-refractivity contribution is -0.133. The second kappa shape index (κ2) is 7.28. The van der Waals surface area contributed by atoms with Crippen LogP contribution in [0.25, 0.3) is 0 Å². The fourth-order valence-corrected chi connectivity index (χ4v) is 2.85. The summed E-state index contributed by atoms with van der Waals surface area (Å²) in [6, 6.07) is 0.472. The molecule has 3 nitrogen and oxygen atoms in total. The highest BCUT2D eigenvalue weighted by molar-refractivity contribution is 5.76. The third-order valence-electron chi connectivity index (χ3n) is 3.81. The number of hydrogen-bond donors (Lipinski definition) is 1. The molecule has 0 bridgehead atoms. The van der Waals surface area contributed by atoms with Crippen LogP contribution in [-0.4, -0.2) is 36.5 Å². The van der Waals surface area contributed by atoms with E-state index in [4.69, 9.17) is 0 Å². The van der Waals surface area contributed by atoms with Crippen LogP contribution in [0.5, 0.6) is 0 Å². The van der Waals surface area contributed by atoms with Gasteiger partial charge >= 0.3 is 0 Å². The monoisotopic (exact) mass is 268 g/mol. The van der Waals surface area contributed by atoms with E-state index in [9.17, 15) is 4.79 Å². The van der Waals surface area contributed by atoms with Crippen LogP contribution < -0.4 is 5.32 Å². The lowest BCUT2D eigenvalue weighted by Gasteiger charge is -2.39. The van der Waals surface area contributed by atoms with Gasteiger partial charge in [-0.05, 0) is 24.2 Å². The maximum absolute atomic E-state index is 12.0. The maximum atomic E-state index is 12.0. The molecule has 1 N–H and O–H groups in total. The molecule has 1 rings (SSSR count). The molecule has 0 aromatic heterocycles. The SMILES string of the molecule is CCCC1CC(NCC(C)(C)C)CN(C(=O)CC)C1. The van der Waals surface area contributed by atoms with Crippen molar-refractivity contribution in [3.63, 3.8) is 0 Å². The van der Waals surface area contributed by atoms with Gasteiger partial charge in [0.05, 0.1) is 0 Å². The Morgan fingerprint density at radius 2 is 1.95 bits per heavy atom. The van der Waals surface area contributed by atoms with E-state index >= 15 is 0 Å². The second-order valence-electron chi connectivity index (χ2n) is 7.18. The summed E-state index contributed by atoms with van der Waals surface area (Å²) in [7, 11) is 0. The van der Waals surface area contributed by atoms with Crippen LogP contribution in [0.15, 0.2) is 0 Å². The summed E-state index contributed by atoms with van der Waals surface area (Å²) in [5.41, 5.74) is 0.303. The quantitative estimate of drug-likeness (QED) is 0.831. The van der Waals surface area contributed by atoms with Crippen molar-refractivity contribution in [1.29, 1.82) is 0 Å². The van der Waals surface area contributed by atoms with Crippen molar-refractivity contribution in [3.05, 3.63) is 0 Å². The van der Waals surface area contributed by atoms with Crippen molar-refractivity contribution in [1.82, 2.24) is 10.2 Å². The average Bonchev–Trinajstić information content (AvgIpc) is 2.35. The minimum atomic E-state index is 0.303. The Morgan fingerprint density at radius 3 is 2.47 bits per heavy atom. The molecule has 19 heavy (non-hydrogen) atoms. The summed E-state index contributed by atoms with van der Waals surface area (Å²) in [5.74, 6) is 0.982. The molecule has 3 heteroatoms. The van der Waals surface area contributed by atoms with Gasteiger partial charge in [-0.3, -0.25) is 4.79 Å². The normalized spacial score (nSPS) is 24.6. The van der Waals surface area contributed by atoms with E-state index < -0.39 is 0 Å². The number of nitrogens with one attached hydrogen (secondary N) is 1. The lowest BCUT2D eigenvalue weighted by Crippen LogP contribution is -2.52. The van der Waals surface area contributed by atoms with Gasteiger partial charge in [-0.25, -0.2) is 0 Å². The van der Waals surface area contributed by atoms with E-state index in [1.54, 1.807) is 0 Å². The lowest BCUT2D eigenvalue weighted by atomic mass is 9.89. The summed E-state index contributed by atoms with van der Waals surface area (Å²) in [6.07, 6.45) is 4.30. The second-order valence-corrected chi connectivity index (χ2v) is 7.18. The van der Waals surface area contributed by atoms with Gasteiger partial charge in [0, 0.05) is 32.1 Å². The summed E-state index contributed by atoms with van der Waals surface area (Å²) >= 11 is 0. The first-order chi connectivity index (χ1) is 8.85. The summed E-state index contributed by atoms with van der Waals surface area (Å²) < 4.78 is 0. The van der Waals surface area contributed by atoms with Crippen molar-refractivity contribution in [2.45, 2.75) is 66.3 Å². The van der Waals surface area contributed by atoms with E-state index in [-0.39, 0.29) is 0 Å². The molecule has 1 amide bonds. The Morgan fingerprint density at radius 1 is 1.26 bits per heavy atom. The molecular weight excluding hydrogens is 236 g/mol. The van der Waals surface area contributed by atoms with E-state index in [1.165, 1.54) is 19.3 Å². The molecule has 2 unspecified atom stereocenters. The van der Waals surface area contributed by atoms with Gasteiger partial charge in [-0.1, -0.05) is 41.0 Å². The number of carbonyl (C=O) groups is 1. The number of piperidine rings is 1. The van der Waals surface area contributed by atoms with Gasteiger partial charge in [-0.15, -0.1) is 0 Å². The molecule has 1 heterocycles. The number of carbonyl (C=O) groups excluding carboxylic acids is 1. The Balaban J connectivity index is 2.57. The van der Waals surface area contributed by atoms with E-state index in [0.29, 0.717) is 29.7 Å². The van der Waals surface area contributed by atoms with Crippen LogP contribution in [0, 0.1) is 11.3 Å². The van der Waals surface area contributed by atoms with Crippen molar-refractivity contribution in [2.24, 2.45) is 11.3 Å². The Kier molecular flexibility index (Phi) is 6.31. The van der Waals surface area contributed by atoms with Crippen LogP contribution in [0.3, 0.4) is 0 Å². The van der Waals surface area contributed by atoms with Gasteiger partial charge in [0.2, 0.25) is 5.91 Å². The zero-order chi connectivity index (χ0) is 14.5. The summed E-state index contributed by atoms with van der Waals surface area (Å²) in [6.45, 7) is 13.8. The molecule has 0 aliphatic carbocycles. The molecule has 1 fully saturated rings. The highest BCUT2D eigenvalue weighted by Gasteiger charge is 2.29. The van der Waals surface area contributed by atoms with Crippen LogP contribution in [0.2, 0.25) is 0 Å². The number of likely N-dealkylation sites (tertiary alicyclic amines) is 1. The number of nitrogens with zero attached hydrogens (tertiary/aromatic N) is 1. The molecule has 2 atom stereocenters. The van der Waals surface area contributed by atoms with Crippen molar-refractivity contribution >= 4 is 5.91 Å². The standard InChI is InChI=1S/C16H32N2O/c1-6-8-13-9-14(17-12-16(3,4)5)11-18(10-13)15(19)7-2/h13-14,17H,6-12H2,1-5H3. The van der Waals surface area contributed by atoms with Gasteiger partial charge < -0.3 is 10.2 Å². The maximum Gasteiger partial charge on any atom is 0.222 e. The van der Waals surface area contributed by atoms with Crippen LogP contribution in [0.4, 0.5) is 0 Å². The molecule has 0 radical (unpaired) electrons. The van der Waals surface area contributed by atoms with Crippen molar-refractivity contribution in [3.8, 4) is 0 Å². The molecule has 1 aliphatic rings. The van der Waals surface area contributed by atoms with Gasteiger partial charge in [0.15, 0.2) is 0 Å². The number of amides is 1. The first-order valence-corrected chi connectivity index (χ1v) is 7.86. The minimum absolute atomic E-state index is 0.303. The fourth-order valence-electron chi connectivity index (χ4n) is 2.85. The Labute approximate surface area is 119 Å². The van der Waals surface area contributed by atoms with Crippen LogP contribution in [0.1, 0.15) is 60.3 Å². The molecule has 1 saturated heterocycles. The molecule has 0 saturated carbocycles. The predicted molar refractivity (Wildman–Crippen MR) is 81.1 cm³/mol. The van der Waals surface area contributed by atoms with E-state index in [1.807, 2.05) is 6.92 Å². The zero-order valence-corrected chi connectivity index (χ0v) is 13.5.